The van der Waals surface area contributed by atoms with Crippen molar-refractivity contribution in [3.8, 4) is 39.4 Å². The van der Waals surface area contributed by atoms with E-state index < -0.39 is 0 Å². The van der Waals surface area contributed by atoms with Crippen molar-refractivity contribution in [3.05, 3.63) is 167 Å². The van der Waals surface area contributed by atoms with Crippen LogP contribution in [0.1, 0.15) is 104 Å². The van der Waals surface area contributed by atoms with Gasteiger partial charge in [-0.1, -0.05) is 149 Å². The molecule has 8 aromatic carbocycles. The summed E-state index contributed by atoms with van der Waals surface area (Å²) in [6.07, 6.45) is 0. The predicted octanol–water partition coefficient (Wildman–Crippen LogP) is 16.4. The third-order valence-electron chi connectivity index (χ3n) is 16.3. The molecular weight excluding hydrogens is 870 g/mol. The van der Waals surface area contributed by atoms with E-state index in [1.165, 1.54) is 114 Å². The van der Waals surface area contributed by atoms with Crippen molar-refractivity contribution in [2.45, 2.75) is 97.8 Å². The van der Waals surface area contributed by atoms with Crippen LogP contribution >= 0.6 is 11.3 Å². The van der Waals surface area contributed by atoms with E-state index in [1.54, 1.807) is 0 Å². The molecule has 0 atom stereocenters. The molecule has 0 amide bonds. The number of thiophene rings is 1. The standard InChI is InChI=1S/C64H56BN3OS/c1-61(2,3)36-21-25-39(26-22-36)68-50-32-46-42(40-27-23-38(63(7,8)9)30-45(40)64(46,10)11)31-44(50)54-55-41-19-15-16-20-53(41)70-59(55)56-43-29-37(62(4,5)6)24-28-49(43)67-51-34-52-48(33-47(51)65(68)57(54)58(56)67)66-60(69-52)35-17-13-12-14-18-35/h12-34H,1-11H3. The van der Waals surface area contributed by atoms with Gasteiger partial charge in [0.2, 0.25) is 5.89 Å². The maximum absolute atomic E-state index is 6.78. The van der Waals surface area contributed by atoms with Crippen LogP contribution in [0.4, 0.5) is 11.4 Å². The van der Waals surface area contributed by atoms with E-state index in [-0.39, 0.29) is 28.5 Å². The summed E-state index contributed by atoms with van der Waals surface area (Å²) in [5.74, 6) is 0.635. The Hall–Kier alpha value is -6.89. The third kappa shape index (κ3) is 5.63. The second-order valence-corrected chi connectivity index (χ2v) is 25.1. The minimum absolute atomic E-state index is 0.00451. The van der Waals surface area contributed by atoms with Crippen molar-refractivity contribution >= 4 is 93.6 Å². The second-order valence-electron chi connectivity index (χ2n) is 24.0. The molecule has 1 aliphatic carbocycles. The van der Waals surface area contributed by atoms with E-state index in [4.69, 9.17) is 9.40 Å². The highest BCUT2D eigenvalue weighted by Crippen LogP contribution is 2.58. The van der Waals surface area contributed by atoms with Crippen LogP contribution in [0.3, 0.4) is 0 Å². The minimum Gasteiger partial charge on any atom is -0.436 e. The Kier molecular flexibility index (Phi) is 8.23. The van der Waals surface area contributed by atoms with Crippen LogP contribution in [0.2, 0.25) is 0 Å². The molecule has 3 aliphatic rings. The highest BCUT2D eigenvalue weighted by Gasteiger charge is 2.48. The molecule has 14 rings (SSSR count). The van der Waals surface area contributed by atoms with Crippen LogP contribution in [-0.4, -0.2) is 16.4 Å². The molecule has 0 fully saturated rings. The van der Waals surface area contributed by atoms with Gasteiger partial charge in [-0.15, -0.1) is 11.3 Å². The zero-order chi connectivity index (χ0) is 48.1. The molecule has 3 aromatic heterocycles. The Morgan fingerprint density at radius 1 is 0.586 bits per heavy atom. The quantitative estimate of drug-likeness (QED) is 0.162. The van der Waals surface area contributed by atoms with E-state index in [1.807, 2.05) is 17.4 Å². The maximum Gasteiger partial charge on any atom is 0.333 e. The van der Waals surface area contributed by atoms with Gasteiger partial charge >= 0.3 is 6.85 Å². The Morgan fingerprint density at radius 3 is 2.00 bits per heavy atom. The van der Waals surface area contributed by atoms with Crippen molar-refractivity contribution in [3.63, 3.8) is 0 Å². The predicted molar refractivity (Wildman–Crippen MR) is 299 cm³/mol. The van der Waals surface area contributed by atoms with Gasteiger partial charge in [-0.25, -0.2) is 4.98 Å². The van der Waals surface area contributed by atoms with Crippen molar-refractivity contribution in [2.24, 2.45) is 0 Å². The van der Waals surface area contributed by atoms with Gasteiger partial charge in [0.15, 0.2) is 5.58 Å². The maximum atomic E-state index is 6.78. The molecule has 0 radical (unpaired) electrons. The molecule has 6 heteroatoms. The SMILES string of the molecule is CC(C)(C)c1ccc(N2B3c4cc5nc(-c6ccccc6)oc5cc4-n4c5ccc(C(C)(C)C)cc5c5c6sc7ccccc7c6c(c3c54)-c3cc4c(cc32)C(C)(C)c2cc(C(C)(C)C)ccc2-4)cc1. The van der Waals surface area contributed by atoms with Crippen LogP contribution in [0.15, 0.2) is 144 Å². The molecule has 0 saturated carbocycles. The summed E-state index contributed by atoms with van der Waals surface area (Å²) >= 11 is 1.95. The summed E-state index contributed by atoms with van der Waals surface area (Å²) < 4.78 is 12.0. The fourth-order valence-electron chi connectivity index (χ4n) is 12.5. The van der Waals surface area contributed by atoms with E-state index in [9.17, 15) is 0 Å². The van der Waals surface area contributed by atoms with Gasteiger partial charge in [0.1, 0.15) is 5.52 Å². The molecule has 4 nitrogen and oxygen atoms in total. The summed E-state index contributed by atoms with van der Waals surface area (Å²) in [7, 11) is 0. The van der Waals surface area contributed by atoms with Crippen molar-refractivity contribution in [2.75, 3.05) is 4.81 Å². The number of hydrogen-bond acceptors (Lipinski definition) is 4. The Morgan fingerprint density at radius 2 is 1.26 bits per heavy atom. The summed E-state index contributed by atoms with van der Waals surface area (Å²) in [4.78, 5) is 7.98. The number of aromatic nitrogens is 2. The van der Waals surface area contributed by atoms with Crippen LogP contribution < -0.4 is 15.7 Å². The van der Waals surface area contributed by atoms with E-state index in [2.05, 4.69) is 219 Å². The summed E-state index contributed by atoms with van der Waals surface area (Å²) in [5.41, 5.74) is 23.1. The van der Waals surface area contributed by atoms with Crippen molar-refractivity contribution < 1.29 is 4.42 Å². The van der Waals surface area contributed by atoms with E-state index in [0.717, 1.165) is 22.4 Å². The fourth-order valence-corrected chi connectivity index (χ4v) is 13.7. The number of benzene rings is 8. The molecule has 0 unspecified atom stereocenters. The van der Waals surface area contributed by atoms with Gasteiger partial charge in [0, 0.05) is 70.6 Å². The monoisotopic (exact) mass is 925 g/mol. The highest BCUT2D eigenvalue weighted by molar-refractivity contribution is 7.27. The van der Waals surface area contributed by atoms with E-state index >= 15 is 0 Å². The van der Waals surface area contributed by atoms with Gasteiger partial charge < -0.3 is 13.8 Å². The lowest BCUT2D eigenvalue weighted by Crippen LogP contribution is -2.60. The van der Waals surface area contributed by atoms with Gasteiger partial charge in [0.05, 0.1) is 11.0 Å². The topological polar surface area (TPSA) is 34.2 Å². The molecular formula is C64H56BN3OS. The molecule has 0 bridgehead atoms. The molecule has 342 valence electrons. The molecule has 0 N–H and O–H groups in total. The molecule has 70 heavy (non-hydrogen) atoms. The first-order valence-electron chi connectivity index (χ1n) is 25.1. The summed E-state index contributed by atoms with van der Waals surface area (Å²) in [6.45, 7) is 25.6. The second kappa shape index (κ2) is 13.7. The number of hydrogen-bond donors (Lipinski definition) is 0. The molecule has 0 spiro atoms. The Bertz CT molecular complexity index is 4090. The Balaban J connectivity index is 1.19. The van der Waals surface area contributed by atoms with Crippen molar-refractivity contribution in [1.29, 1.82) is 0 Å². The molecule has 11 aromatic rings. The largest absolute Gasteiger partial charge is 0.436 e. The fraction of sp³-hybridized carbons (Fsp3) is 0.234. The van der Waals surface area contributed by atoms with Crippen LogP contribution in [0.25, 0.3) is 92.5 Å². The average Bonchev–Trinajstić information content (AvgIpc) is 4.08. The zero-order valence-corrected chi connectivity index (χ0v) is 42.8. The van der Waals surface area contributed by atoms with E-state index in [0.29, 0.717) is 5.89 Å². The zero-order valence-electron chi connectivity index (χ0n) is 42.0. The lowest BCUT2D eigenvalue weighted by molar-refractivity contribution is 0.584. The molecule has 2 aliphatic heterocycles. The third-order valence-corrected chi connectivity index (χ3v) is 17.4. The lowest BCUT2D eigenvalue weighted by Gasteiger charge is -2.43. The van der Waals surface area contributed by atoms with Crippen LogP contribution in [-0.2, 0) is 21.7 Å². The highest BCUT2D eigenvalue weighted by atomic mass is 32.1. The first-order chi connectivity index (χ1) is 33.4. The van der Waals surface area contributed by atoms with Gasteiger partial charge in [0.25, 0.3) is 0 Å². The Labute approximate surface area is 414 Å². The lowest BCUT2D eigenvalue weighted by atomic mass is 9.43. The first kappa shape index (κ1) is 42.0. The summed E-state index contributed by atoms with van der Waals surface area (Å²) in [6, 6.07) is 53.3. The number of nitrogens with zero attached hydrogens (tertiary/aromatic N) is 3. The van der Waals surface area contributed by atoms with Gasteiger partial charge in [-0.05, 0) is 132 Å². The molecule has 0 saturated heterocycles. The smallest absolute Gasteiger partial charge is 0.333 e. The van der Waals surface area contributed by atoms with Crippen LogP contribution in [0.5, 0.6) is 0 Å². The van der Waals surface area contributed by atoms with Crippen LogP contribution in [0, 0.1) is 0 Å². The number of fused-ring (bicyclic) bond motifs is 17. The molecule has 5 heterocycles. The first-order valence-corrected chi connectivity index (χ1v) is 25.9. The number of rotatable bonds is 2. The number of anilines is 2. The minimum atomic E-state index is -0.222. The van der Waals surface area contributed by atoms with Crippen molar-refractivity contribution in [1.82, 2.24) is 9.55 Å². The van der Waals surface area contributed by atoms with Gasteiger partial charge in [-0.2, -0.15) is 0 Å². The van der Waals surface area contributed by atoms with Gasteiger partial charge in [-0.3, -0.25) is 0 Å². The average molecular weight is 926 g/mol. The number of oxazole rings is 1. The summed E-state index contributed by atoms with van der Waals surface area (Å²) in [5, 5.41) is 5.30. The normalized spacial score (nSPS) is 14.8.